The maximum Gasteiger partial charge on any atom is 0.305 e. The van der Waals surface area contributed by atoms with Crippen LogP contribution in [0.4, 0.5) is 0 Å². The van der Waals surface area contributed by atoms with E-state index in [0.29, 0.717) is 26.1 Å². The van der Waals surface area contributed by atoms with Crippen molar-refractivity contribution in [2.45, 2.75) is 104 Å². The molecule has 0 fully saturated rings. The summed E-state index contributed by atoms with van der Waals surface area (Å²) in [5, 5.41) is 0. The molecular formula is C20H38O4. The number of hydrogen-bond donors (Lipinski definition) is 0. The lowest BCUT2D eigenvalue weighted by Crippen LogP contribution is -2.06. The molecule has 4 nitrogen and oxygen atoms in total. The van der Waals surface area contributed by atoms with Crippen LogP contribution in [0.2, 0.25) is 0 Å². The standard InChI is InChI=1S/C20H38O4/c1-3-5-7-11-15-19(21)23-17-13-9-10-14-18-24-20(22)16-12-8-6-4-2/h3-18H2,1-2H3. The van der Waals surface area contributed by atoms with Gasteiger partial charge < -0.3 is 9.47 Å². The van der Waals surface area contributed by atoms with Gasteiger partial charge in [-0.3, -0.25) is 9.59 Å². The second-order valence-electron chi connectivity index (χ2n) is 6.48. The summed E-state index contributed by atoms with van der Waals surface area (Å²) in [7, 11) is 0. The van der Waals surface area contributed by atoms with Gasteiger partial charge in [0.05, 0.1) is 13.2 Å². The lowest BCUT2D eigenvalue weighted by Gasteiger charge is -2.06. The van der Waals surface area contributed by atoms with Gasteiger partial charge in [0.25, 0.3) is 0 Å². The van der Waals surface area contributed by atoms with Crippen LogP contribution in [0.1, 0.15) is 104 Å². The average Bonchev–Trinajstić information content (AvgIpc) is 2.58. The van der Waals surface area contributed by atoms with Crippen molar-refractivity contribution in [1.82, 2.24) is 0 Å². The molecule has 0 radical (unpaired) electrons. The van der Waals surface area contributed by atoms with Crippen molar-refractivity contribution >= 4 is 11.9 Å². The first-order chi connectivity index (χ1) is 11.7. The Morgan fingerprint density at radius 1 is 0.542 bits per heavy atom. The summed E-state index contributed by atoms with van der Waals surface area (Å²) in [5.74, 6) is -0.133. The van der Waals surface area contributed by atoms with E-state index in [-0.39, 0.29) is 11.9 Å². The molecule has 0 bridgehead atoms. The van der Waals surface area contributed by atoms with E-state index in [1.165, 1.54) is 25.7 Å². The summed E-state index contributed by atoms with van der Waals surface area (Å²) in [5.41, 5.74) is 0. The highest BCUT2D eigenvalue weighted by atomic mass is 16.5. The fourth-order valence-electron chi connectivity index (χ4n) is 2.47. The summed E-state index contributed by atoms with van der Waals surface area (Å²) in [4.78, 5) is 22.9. The molecule has 0 atom stereocenters. The highest BCUT2D eigenvalue weighted by Gasteiger charge is 2.03. The molecular weight excluding hydrogens is 304 g/mol. The number of rotatable bonds is 17. The Labute approximate surface area is 148 Å². The van der Waals surface area contributed by atoms with E-state index in [0.717, 1.165) is 51.4 Å². The molecule has 0 aromatic heterocycles. The Bertz CT molecular complexity index is 272. The summed E-state index contributed by atoms with van der Waals surface area (Å²) in [6.45, 7) is 5.35. The van der Waals surface area contributed by atoms with Crippen LogP contribution < -0.4 is 0 Å². The molecule has 0 rings (SSSR count). The lowest BCUT2D eigenvalue weighted by atomic mass is 10.1. The SMILES string of the molecule is CCCCCCC(=O)OCCCCCCOC(=O)CCCCCC. The molecule has 0 unspecified atom stereocenters. The molecule has 0 aliphatic rings. The van der Waals surface area contributed by atoms with Crippen molar-refractivity contribution in [2.75, 3.05) is 13.2 Å². The first-order valence-corrected chi connectivity index (χ1v) is 10.0. The molecule has 0 aliphatic heterocycles. The van der Waals surface area contributed by atoms with Gasteiger partial charge in [0.1, 0.15) is 0 Å². The highest BCUT2D eigenvalue weighted by molar-refractivity contribution is 5.69. The number of carbonyl (C=O) groups excluding carboxylic acids is 2. The minimum absolute atomic E-state index is 0.0666. The molecule has 0 aliphatic carbocycles. The van der Waals surface area contributed by atoms with Gasteiger partial charge >= 0.3 is 11.9 Å². The second kappa shape index (κ2) is 18.3. The Morgan fingerprint density at radius 2 is 0.917 bits per heavy atom. The van der Waals surface area contributed by atoms with Crippen LogP contribution in [0, 0.1) is 0 Å². The molecule has 0 spiro atoms. The zero-order valence-corrected chi connectivity index (χ0v) is 15.9. The highest BCUT2D eigenvalue weighted by Crippen LogP contribution is 2.06. The molecule has 0 aromatic carbocycles. The van der Waals surface area contributed by atoms with E-state index >= 15 is 0 Å². The number of unbranched alkanes of at least 4 members (excludes halogenated alkanes) is 9. The number of ether oxygens (including phenoxy) is 2. The van der Waals surface area contributed by atoms with Gasteiger partial charge in [-0.05, 0) is 38.5 Å². The molecule has 142 valence electrons. The van der Waals surface area contributed by atoms with Crippen molar-refractivity contribution < 1.29 is 19.1 Å². The van der Waals surface area contributed by atoms with Gasteiger partial charge in [0, 0.05) is 12.8 Å². The molecule has 0 saturated carbocycles. The fraction of sp³-hybridized carbons (Fsp3) is 0.900. The maximum atomic E-state index is 11.5. The van der Waals surface area contributed by atoms with E-state index in [1.807, 2.05) is 0 Å². The van der Waals surface area contributed by atoms with Crippen molar-refractivity contribution in [3.63, 3.8) is 0 Å². The van der Waals surface area contributed by atoms with Crippen molar-refractivity contribution in [3.05, 3.63) is 0 Å². The van der Waals surface area contributed by atoms with Crippen LogP contribution in [0.5, 0.6) is 0 Å². The molecule has 0 heterocycles. The summed E-state index contributed by atoms with van der Waals surface area (Å²) in [6.07, 6.45) is 13.8. The van der Waals surface area contributed by atoms with Crippen molar-refractivity contribution in [1.29, 1.82) is 0 Å². The zero-order valence-electron chi connectivity index (χ0n) is 15.9. The van der Waals surface area contributed by atoms with Crippen molar-refractivity contribution in [3.8, 4) is 0 Å². The van der Waals surface area contributed by atoms with E-state index < -0.39 is 0 Å². The molecule has 0 N–H and O–H groups in total. The Hall–Kier alpha value is -1.06. The number of hydrogen-bond acceptors (Lipinski definition) is 4. The summed E-state index contributed by atoms with van der Waals surface area (Å²) in [6, 6.07) is 0. The third kappa shape index (κ3) is 17.3. The fourth-order valence-corrected chi connectivity index (χ4v) is 2.47. The van der Waals surface area contributed by atoms with Crippen LogP contribution in [0.15, 0.2) is 0 Å². The number of carbonyl (C=O) groups is 2. The van der Waals surface area contributed by atoms with Gasteiger partial charge in [0.2, 0.25) is 0 Å². The molecule has 24 heavy (non-hydrogen) atoms. The molecule has 0 amide bonds. The van der Waals surface area contributed by atoms with Gasteiger partial charge in [-0.1, -0.05) is 52.4 Å². The van der Waals surface area contributed by atoms with Gasteiger partial charge in [-0.25, -0.2) is 0 Å². The maximum absolute atomic E-state index is 11.5. The lowest BCUT2D eigenvalue weighted by molar-refractivity contribution is -0.145. The first kappa shape index (κ1) is 22.9. The molecule has 4 heteroatoms. The van der Waals surface area contributed by atoms with Gasteiger partial charge in [-0.15, -0.1) is 0 Å². The minimum Gasteiger partial charge on any atom is -0.466 e. The van der Waals surface area contributed by atoms with E-state index in [9.17, 15) is 9.59 Å². The van der Waals surface area contributed by atoms with Gasteiger partial charge in [0.15, 0.2) is 0 Å². The first-order valence-electron chi connectivity index (χ1n) is 10.0. The topological polar surface area (TPSA) is 52.6 Å². The Morgan fingerprint density at radius 3 is 1.29 bits per heavy atom. The third-order valence-electron chi connectivity index (χ3n) is 4.03. The van der Waals surface area contributed by atoms with E-state index in [1.54, 1.807) is 0 Å². The number of esters is 2. The van der Waals surface area contributed by atoms with Crippen LogP contribution in [0.25, 0.3) is 0 Å². The van der Waals surface area contributed by atoms with E-state index in [4.69, 9.17) is 9.47 Å². The smallest absolute Gasteiger partial charge is 0.305 e. The monoisotopic (exact) mass is 342 g/mol. The van der Waals surface area contributed by atoms with Gasteiger partial charge in [-0.2, -0.15) is 0 Å². The normalized spacial score (nSPS) is 10.6. The Balaban J connectivity index is 3.24. The quantitative estimate of drug-likeness (QED) is 0.256. The predicted molar refractivity (Wildman–Crippen MR) is 97.9 cm³/mol. The van der Waals surface area contributed by atoms with Crippen LogP contribution in [0.3, 0.4) is 0 Å². The Kier molecular flexibility index (Phi) is 17.5. The average molecular weight is 343 g/mol. The van der Waals surface area contributed by atoms with Crippen LogP contribution in [-0.4, -0.2) is 25.2 Å². The predicted octanol–water partition coefficient (Wildman–Crippen LogP) is 5.57. The van der Waals surface area contributed by atoms with E-state index in [2.05, 4.69) is 13.8 Å². The zero-order chi connectivity index (χ0) is 17.9. The molecule has 0 aromatic rings. The minimum atomic E-state index is -0.0666. The van der Waals surface area contributed by atoms with Crippen molar-refractivity contribution in [2.24, 2.45) is 0 Å². The largest absolute Gasteiger partial charge is 0.466 e. The third-order valence-corrected chi connectivity index (χ3v) is 4.03. The van der Waals surface area contributed by atoms with Crippen LogP contribution in [-0.2, 0) is 19.1 Å². The van der Waals surface area contributed by atoms with Crippen LogP contribution >= 0.6 is 0 Å². The molecule has 0 saturated heterocycles. The summed E-state index contributed by atoms with van der Waals surface area (Å²) >= 11 is 0. The summed E-state index contributed by atoms with van der Waals surface area (Å²) < 4.78 is 10.4. The second-order valence-corrected chi connectivity index (χ2v) is 6.48.